The molecule has 0 fully saturated rings. The second-order valence-corrected chi connectivity index (χ2v) is 3.84. The highest BCUT2D eigenvalue weighted by molar-refractivity contribution is 5.99. The number of amides is 1. The molecule has 0 aromatic heterocycles. The molecule has 17 heavy (non-hydrogen) atoms. The van der Waals surface area contributed by atoms with Gasteiger partial charge >= 0.3 is 0 Å². The molecule has 0 bridgehead atoms. The maximum Gasteiger partial charge on any atom is 0.255 e. The van der Waals surface area contributed by atoms with Crippen molar-refractivity contribution in [2.45, 2.75) is 12.5 Å². The molecule has 1 aromatic carbocycles. The van der Waals surface area contributed by atoms with Crippen molar-refractivity contribution in [3.63, 3.8) is 0 Å². The minimum absolute atomic E-state index is 0.0490. The Bertz CT molecular complexity index is 496. The van der Waals surface area contributed by atoms with E-state index in [1.165, 1.54) is 23.1 Å². The van der Waals surface area contributed by atoms with Gasteiger partial charge in [0.25, 0.3) is 5.91 Å². The standard InChI is InChI=1S/C12H11FN2O2/c13-8-2-3-9-10(6-8)11(7-14)15(12(9)17)4-1-5-16/h2-3,6,11,16H,1,4-5H2. The van der Waals surface area contributed by atoms with Crippen molar-refractivity contribution in [1.82, 2.24) is 4.90 Å². The summed E-state index contributed by atoms with van der Waals surface area (Å²) in [5, 5.41) is 17.8. The van der Waals surface area contributed by atoms with Gasteiger partial charge in [-0.15, -0.1) is 0 Å². The number of aliphatic hydroxyl groups excluding tert-OH is 1. The number of carbonyl (C=O) groups is 1. The maximum absolute atomic E-state index is 13.1. The first-order chi connectivity index (χ1) is 8.19. The number of carbonyl (C=O) groups excluding carboxylic acids is 1. The number of hydrogen-bond donors (Lipinski definition) is 1. The molecule has 0 radical (unpaired) electrons. The highest BCUT2D eigenvalue weighted by Crippen LogP contribution is 2.33. The molecule has 1 atom stereocenters. The van der Waals surface area contributed by atoms with Crippen LogP contribution in [0.4, 0.5) is 4.39 Å². The van der Waals surface area contributed by atoms with Gasteiger partial charge in [-0.2, -0.15) is 5.26 Å². The number of rotatable bonds is 3. The molecular formula is C12H11FN2O2. The van der Waals surface area contributed by atoms with E-state index < -0.39 is 11.9 Å². The largest absolute Gasteiger partial charge is 0.396 e. The molecule has 1 unspecified atom stereocenters. The highest BCUT2D eigenvalue weighted by atomic mass is 19.1. The molecule has 1 aromatic rings. The summed E-state index contributed by atoms with van der Waals surface area (Å²) in [5.74, 6) is -0.735. The second-order valence-electron chi connectivity index (χ2n) is 3.84. The molecule has 88 valence electrons. The zero-order valence-corrected chi connectivity index (χ0v) is 9.06. The normalized spacial score (nSPS) is 18.1. The SMILES string of the molecule is N#CC1c2cc(F)ccc2C(=O)N1CCCO. The van der Waals surface area contributed by atoms with E-state index in [0.717, 1.165) is 0 Å². The maximum atomic E-state index is 13.1. The Labute approximate surface area is 97.9 Å². The lowest BCUT2D eigenvalue weighted by molar-refractivity contribution is 0.0746. The average molecular weight is 234 g/mol. The number of nitrogens with zero attached hydrogens (tertiary/aromatic N) is 2. The van der Waals surface area contributed by atoms with Crippen LogP contribution in [0.1, 0.15) is 28.4 Å². The fraction of sp³-hybridized carbons (Fsp3) is 0.333. The summed E-state index contributed by atoms with van der Waals surface area (Å²) in [7, 11) is 0. The van der Waals surface area contributed by atoms with Crippen LogP contribution in [0.5, 0.6) is 0 Å². The zero-order chi connectivity index (χ0) is 12.4. The smallest absolute Gasteiger partial charge is 0.255 e. The number of hydrogen-bond acceptors (Lipinski definition) is 3. The van der Waals surface area contributed by atoms with Crippen LogP contribution in [0, 0.1) is 17.1 Å². The summed E-state index contributed by atoms with van der Waals surface area (Å²) >= 11 is 0. The van der Waals surface area contributed by atoms with Gasteiger partial charge in [0.2, 0.25) is 0 Å². The predicted molar refractivity (Wildman–Crippen MR) is 57.5 cm³/mol. The number of halogens is 1. The van der Waals surface area contributed by atoms with E-state index in [4.69, 9.17) is 10.4 Å². The first-order valence-corrected chi connectivity index (χ1v) is 5.30. The molecule has 5 heteroatoms. The van der Waals surface area contributed by atoms with Gasteiger partial charge in [0, 0.05) is 24.3 Å². The Hall–Kier alpha value is -1.93. The van der Waals surface area contributed by atoms with Crippen LogP contribution >= 0.6 is 0 Å². The van der Waals surface area contributed by atoms with Crippen molar-refractivity contribution in [3.8, 4) is 6.07 Å². The van der Waals surface area contributed by atoms with Crippen LogP contribution < -0.4 is 0 Å². The third-order valence-corrected chi connectivity index (χ3v) is 2.79. The molecule has 0 saturated heterocycles. The summed E-state index contributed by atoms with van der Waals surface area (Å²) in [6.45, 7) is 0.247. The summed E-state index contributed by atoms with van der Waals surface area (Å²) in [5.41, 5.74) is 0.784. The van der Waals surface area contributed by atoms with Crippen LogP contribution in [0.2, 0.25) is 0 Å². The van der Waals surface area contributed by atoms with Crippen molar-refractivity contribution >= 4 is 5.91 Å². The van der Waals surface area contributed by atoms with E-state index in [2.05, 4.69) is 0 Å². The molecule has 4 nitrogen and oxygen atoms in total. The van der Waals surface area contributed by atoms with Gasteiger partial charge in [-0.1, -0.05) is 0 Å². The molecule has 1 aliphatic rings. The molecular weight excluding hydrogens is 223 g/mol. The topological polar surface area (TPSA) is 64.3 Å². The van der Waals surface area contributed by atoms with Gasteiger partial charge in [-0.3, -0.25) is 4.79 Å². The quantitative estimate of drug-likeness (QED) is 0.855. The summed E-state index contributed by atoms with van der Waals surface area (Å²) < 4.78 is 13.1. The first kappa shape index (κ1) is 11.6. The molecule has 1 aliphatic heterocycles. The van der Waals surface area contributed by atoms with Crippen molar-refractivity contribution in [1.29, 1.82) is 5.26 Å². The minimum Gasteiger partial charge on any atom is -0.396 e. The van der Waals surface area contributed by atoms with Crippen LogP contribution in [-0.2, 0) is 0 Å². The third-order valence-electron chi connectivity index (χ3n) is 2.79. The lowest BCUT2D eigenvalue weighted by Gasteiger charge is -2.19. The van der Waals surface area contributed by atoms with E-state index in [-0.39, 0.29) is 12.5 Å². The van der Waals surface area contributed by atoms with Crippen molar-refractivity contribution < 1.29 is 14.3 Å². The molecule has 1 N–H and O–H groups in total. The highest BCUT2D eigenvalue weighted by Gasteiger charge is 2.36. The van der Waals surface area contributed by atoms with Gasteiger partial charge in [0.1, 0.15) is 11.9 Å². The van der Waals surface area contributed by atoms with Gasteiger partial charge in [0.05, 0.1) is 6.07 Å². The lowest BCUT2D eigenvalue weighted by atomic mass is 10.1. The third kappa shape index (κ3) is 1.87. The van der Waals surface area contributed by atoms with Crippen molar-refractivity contribution in [2.24, 2.45) is 0 Å². The van der Waals surface area contributed by atoms with Crippen LogP contribution in [0.3, 0.4) is 0 Å². The monoisotopic (exact) mass is 234 g/mol. The molecule has 0 aliphatic carbocycles. The fourth-order valence-corrected chi connectivity index (χ4v) is 2.01. The Morgan fingerprint density at radius 2 is 2.29 bits per heavy atom. The summed E-state index contributed by atoms with van der Waals surface area (Å²) in [4.78, 5) is 13.3. The van der Waals surface area contributed by atoms with E-state index in [1.54, 1.807) is 0 Å². The molecule has 0 spiro atoms. The Morgan fingerprint density at radius 1 is 1.53 bits per heavy atom. The molecule has 0 saturated carbocycles. The predicted octanol–water partition coefficient (Wildman–Crippen LogP) is 1.23. The molecule has 1 heterocycles. The van der Waals surface area contributed by atoms with E-state index in [0.29, 0.717) is 24.1 Å². The number of aliphatic hydroxyl groups is 1. The second kappa shape index (κ2) is 4.52. The van der Waals surface area contributed by atoms with Gasteiger partial charge in [-0.25, -0.2) is 4.39 Å². The Balaban J connectivity index is 2.37. The van der Waals surface area contributed by atoms with Gasteiger partial charge < -0.3 is 10.0 Å². The zero-order valence-electron chi connectivity index (χ0n) is 9.06. The fourth-order valence-electron chi connectivity index (χ4n) is 2.01. The summed E-state index contributed by atoms with van der Waals surface area (Å²) in [6.07, 6.45) is 0.403. The number of benzene rings is 1. The van der Waals surface area contributed by atoms with Crippen LogP contribution in [0.25, 0.3) is 0 Å². The van der Waals surface area contributed by atoms with E-state index >= 15 is 0 Å². The van der Waals surface area contributed by atoms with Gasteiger partial charge in [0.15, 0.2) is 0 Å². The number of nitriles is 1. The Morgan fingerprint density at radius 3 is 2.94 bits per heavy atom. The van der Waals surface area contributed by atoms with Crippen LogP contribution in [0.15, 0.2) is 18.2 Å². The number of fused-ring (bicyclic) bond motifs is 1. The van der Waals surface area contributed by atoms with Crippen molar-refractivity contribution in [2.75, 3.05) is 13.2 Å². The Kier molecular flexibility index (Phi) is 3.07. The summed E-state index contributed by atoms with van der Waals surface area (Å²) in [6, 6.07) is 5.07. The van der Waals surface area contributed by atoms with E-state index in [1.807, 2.05) is 6.07 Å². The minimum atomic E-state index is -0.750. The van der Waals surface area contributed by atoms with Crippen LogP contribution in [-0.4, -0.2) is 29.1 Å². The first-order valence-electron chi connectivity index (χ1n) is 5.30. The molecule has 1 amide bonds. The van der Waals surface area contributed by atoms with E-state index in [9.17, 15) is 9.18 Å². The molecule has 2 rings (SSSR count). The lowest BCUT2D eigenvalue weighted by Crippen LogP contribution is -2.28. The van der Waals surface area contributed by atoms with Gasteiger partial charge in [-0.05, 0) is 24.6 Å². The van der Waals surface area contributed by atoms with Crippen molar-refractivity contribution in [3.05, 3.63) is 35.1 Å². The average Bonchev–Trinajstić information content (AvgIpc) is 2.58.